The van der Waals surface area contributed by atoms with E-state index in [1.807, 2.05) is 30.5 Å². The molecule has 9 heteroatoms. The van der Waals surface area contributed by atoms with Gasteiger partial charge < -0.3 is 15.0 Å². The van der Waals surface area contributed by atoms with Crippen LogP contribution in [0, 0.1) is 0 Å². The number of hydrogen-bond acceptors (Lipinski definition) is 6. The van der Waals surface area contributed by atoms with E-state index in [-0.39, 0.29) is 0 Å². The maximum atomic E-state index is 12.7. The molecule has 0 aliphatic carbocycles. The number of para-hydroxylation sites is 1. The number of carbonyl (C=O) groups excluding carboxylic acids is 2. The predicted molar refractivity (Wildman–Crippen MR) is 104 cm³/mol. The molecule has 4 rings (SSSR count). The van der Waals surface area contributed by atoms with Crippen LogP contribution >= 0.6 is 0 Å². The number of carbonyl (C=O) groups is 2. The first-order chi connectivity index (χ1) is 14.2. The molecule has 29 heavy (non-hydrogen) atoms. The molecule has 4 aromatic rings. The summed E-state index contributed by atoms with van der Waals surface area (Å²) in [4.78, 5) is 36.2. The maximum absolute atomic E-state index is 12.7. The maximum Gasteiger partial charge on any atom is 0.328 e. The Labute approximate surface area is 165 Å². The van der Waals surface area contributed by atoms with Crippen LogP contribution in [0.2, 0.25) is 0 Å². The molecule has 9 nitrogen and oxygen atoms in total. The number of methoxy groups -OCH3 is 1. The van der Waals surface area contributed by atoms with Crippen LogP contribution < -0.4 is 5.32 Å². The third kappa shape index (κ3) is 3.84. The lowest BCUT2D eigenvalue weighted by Crippen LogP contribution is -2.43. The van der Waals surface area contributed by atoms with Crippen LogP contribution in [0.15, 0.2) is 61.4 Å². The topological polar surface area (TPSA) is 115 Å². The Morgan fingerprint density at radius 1 is 1.24 bits per heavy atom. The molecule has 0 aliphatic rings. The van der Waals surface area contributed by atoms with Gasteiger partial charge in [-0.3, -0.25) is 4.79 Å². The lowest BCUT2D eigenvalue weighted by Gasteiger charge is -2.16. The molecule has 146 valence electrons. The van der Waals surface area contributed by atoms with Gasteiger partial charge in [0.25, 0.3) is 5.91 Å². The number of nitrogens with one attached hydrogen (secondary N) is 2. The lowest BCUT2D eigenvalue weighted by atomic mass is 10.0. The fraction of sp³-hybridized carbons (Fsp3) is 0.150. The number of amides is 1. The first kappa shape index (κ1) is 18.4. The molecular weight excluding hydrogens is 372 g/mol. The van der Waals surface area contributed by atoms with E-state index in [0.717, 1.165) is 16.5 Å². The predicted octanol–water partition coefficient (Wildman–Crippen LogP) is 1.66. The monoisotopic (exact) mass is 390 g/mol. The average Bonchev–Trinajstić information content (AvgIpc) is 3.43. The van der Waals surface area contributed by atoms with Gasteiger partial charge in [0, 0.05) is 29.7 Å². The zero-order valence-electron chi connectivity index (χ0n) is 15.6. The van der Waals surface area contributed by atoms with Crippen LogP contribution in [0.3, 0.4) is 0 Å². The summed E-state index contributed by atoms with van der Waals surface area (Å²) < 4.78 is 6.36. The van der Waals surface area contributed by atoms with E-state index in [2.05, 4.69) is 25.4 Å². The molecule has 0 saturated carbocycles. The van der Waals surface area contributed by atoms with E-state index in [1.54, 1.807) is 12.1 Å². The van der Waals surface area contributed by atoms with Crippen molar-refractivity contribution in [3.8, 4) is 5.82 Å². The average molecular weight is 390 g/mol. The minimum atomic E-state index is -0.832. The number of H-pyrrole nitrogens is 1. The Bertz CT molecular complexity index is 1130. The summed E-state index contributed by atoms with van der Waals surface area (Å²) in [6, 6.07) is 10.2. The molecule has 3 aromatic heterocycles. The minimum absolute atomic E-state index is 0.299. The van der Waals surface area contributed by atoms with Crippen molar-refractivity contribution in [1.29, 1.82) is 0 Å². The standard InChI is InChI=1S/C20H18N6O3/c1-29-20(28)17(8-14-10-22-16-5-3-2-4-15(14)16)25-19(27)13-6-7-18(23-9-13)26-12-21-11-24-26/h2-7,9-12,17,22H,8H2,1H3,(H,25,27)/t17-/m0/s1. The van der Waals surface area contributed by atoms with Crippen molar-refractivity contribution in [3.05, 3.63) is 72.6 Å². The van der Waals surface area contributed by atoms with E-state index in [4.69, 9.17) is 4.74 Å². The summed E-state index contributed by atoms with van der Waals surface area (Å²) in [6.07, 6.45) is 6.46. The number of benzene rings is 1. The molecule has 0 saturated heterocycles. The SMILES string of the molecule is COC(=O)[C@H](Cc1c[nH]c2ccccc12)NC(=O)c1ccc(-n2cncn2)nc1. The first-order valence-electron chi connectivity index (χ1n) is 8.90. The van der Waals surface area contributed by atoms with Crippen LogP contribution in [0.25, 0.3) is 16.7 Å². The van der Waals surface area contributed by atoms with Gasteiger partial charge in [0.1, 0.15) is 18.7 Å². The smallest absolute Gasteiger partial charge is 0.328 e. The molecule has 0 radical (unpaired) electrons. The highest BCUT2D eigenvalue weighted by molar-refractivity contribution is 5.97. The van der Waals surface area contributed by atoms with Crippen molar-refractivity contribution in [1.82, 2.24) is 30.0 Å². The fourth-order valence-electron chi connectivity index (χ4n) is 3.08. The number of esters is 1. The van der Waals surface area contributed by atoms with Gasteiger partial charge in [-0.25, -0.2) is 19.4 Å². The highest BCUT2D eigenvalue weighted by atomic mass is 16.5. The summed E-state index contributed by atoms with van der Waals surface area (Å²) in [5.74, 6) is -0.406. The molecule has 0 bridgehead atoms. The van der Waals surface area contributed by atoms with Crippen LogP contribution in [0.5, 0.6) is 0 Å². The molecule has 3 heterocycles. The molecule has 0 spiro atoms. The van der Waals surface area contributed by atoms with Gasteiger partial charge in [-0.1, -0.05) is 18.2 Å². The van der Waals surface area contributed by atoms with Crippen molar-refractivity contribution in [2.45, 2.75) is 12.5 Å². The van der Waals surface area contributed by atoms with Crippen molar-refractivity contribution in [3.63, 3.8) is 0 Å². The number of nitrogens with zero attached hydrogens (tertiary/aromatic N) is 4. The third-order valence-electron chi connectivity index (χ3n) is 4.55. The van der Waals surface area contributed by atoms with Gasteiger partial charge >= 0.3 is 5.97 Å². The molecule has 1 atom stereocenters. The zero-order valence-corrected chi connectivity index (χ0v) is 15.6. The Morgan fingerprint density at radius 3 is 2.83 bits per heavy atom. The Balaban J connectivity index is 1.52. The summed E-state index contributed by atoms with van der Waals surface area (Å²) in [6.45, 7) is 0. The van der Waals surface area contributed by atoms with Crippen LogP contribution in [-0.4, -0.2) is 49.8 Å². The van der Waals surface area contributed by atoms with Crippen molar-refractivity contribution >= 4 is 22.8 Å². The van der Waals surface area contributed by atoms with E-state index in [0.29, 0.717) is 17.8 Å². The number of aromatic amines is 1. The van der Waals surface area contributed by atoms with Crippen molar-refractivity contribution < 1.29 is 14.3 Å². The number of fused-ring (bicyclic) bond motifs is 1. The minimum Gasteiger partial charge on any atom is -0.467 e. The second-order valence-electron chi connectivity index (χ2n) is 6.36. The van der Waals surface area contributed by atoms with Gasteiger partial charge in [0.05, 0.1) is 12.7 Å². The molecular formula is C20H18N6O3. The highest BCUT2D eigenvalue weighted by Gasteiger charge is 2.24. The molecule has 0 aliphatic heterocycles. The van der Waals surface area contributed by atoms with Crippen molar-refractivity contribution in [2.24, 2.45) is 0 Å². The number of aromatic nitrogens is 5. The molecule has 1 amide bonds. The summed E-state index contributed by atoms with van der Waals surface area (Å²) in [7, 11) is 1.30. The molecule has 2 N–H and O–H groups in total. The quantitative estimate of drug-likeness (QED) is 0.484. The van der Waals surface area contributed by atoms with E-state index < -0.39 is 17.9 Å². The normalized spacial score (nSPS) is 11.9. The highest BCUT2D eigenvalue weighted by Crippen LogP contribution is 2.19. The first-order valence-corrected chi connectivity index (χ1v) is 8.90. The second kappa shape index (κ2) is 7.93. The summed E-state index contributed by atoms with van der Waals surface area (Å²) in [5, 5.41) is 7.72. The number of rotatable bonds is 6. The summed E-state index contributed by atoms with van der Waals surface area (Å²) in [5.41, 5.74) is 2.20. The Hall–Kier alpha value is -4.01. The lowest BCUT2D eigenvalue weighted by molar-refractivity contribution is -0.142. The second-order valence-corrected chi connectivity index (χ2v) is 6.36. The molecule has 1 aromatic carbocycles. The van der Waals surface area contributed by atoms with Crippen LogP contribution in [-0.2, 0) is 16.0 Å². The fourth-order valence-corrected chi connectivity index (χ4v) is 3.08. The van der Waals surface area contributed by atoms with Gasteiger partial charge in [0.15, 0.2) is 5.82 Å². The van der Waals surface area contributed by atoms with Gasteiger partial charge in [-0.15, -0.1) is 0 Å². The Morgan fingerprint density at radius 2 is 2.10 bits per heavy atom. The zero-order chi connectivity index (χ0) is 20.2. The van der Waals surface area contributed by atoms with Gasteiger partial charge in [-0.2, -0.15) is 5.10 Å². The van der Waals surface area contributed by atoms with Gasteiger partial charge in [-0.05, 0) is 23.8 Å². The van der Waals surface area contributed by atoms with E-state index >= 15 is 0 Å². The van der Waals surface area contributed by atoms with E-state index in [9.17, 15) is 9.59 Å². The Kier molecular flexibility index (Phi) is 5.02. The third-order valence-corrected chi connectivity index (χ3v) is 4.55. The largest absolute Gasteiger partial charge is 0.467 e. The number of ether oxygens (including phenoxy) is 1. The van der Waals surface area contributed by atoms with E-state index in [1.165, 1.54) is 30.6 Å². The van der Waals surface area contributed by atoms with Crippen LogP contribution in [0.1, 0.15) is 15.9 Å². The van der Waals surface area contributed by atoms with Crippen LogP contribution in [0.4, 0.5) is 0 Å². The molecule has 0 fully saturated rings. The van der Waals surface area contributed by atoms with Gasteiger partial charge in [0.2, 0.25) is 0 Å². The summed E-state index contributed by atoms with van der Waals surface area (Å²) >= 11 is 0. The number of hydrogen-bond donors (Lipinski definition) is 2. The van der Waals surface area contributed by atoms with Crippen molar-refractivity contribution in [2.75, 3.05) is 7.11 Å². The number of pyridine rings is 1. The molecule has 0 unspecified atom stereocenters.